The van der Waals surface area contributed by atoms with Crippen LogP contribution in [0.3, 0.4) is 0 Å². The second kappa shape index (κ2) is 23.2. The average molecular weight is 798 g/mol. The molecule has 310 valence electrons. The van der Waals surface area contributed by atoms with Crippen molar-refractivity contribution in [3.63, 3.8) is 0 Å². The fourth-order valence-electron chi connectivity index (χ4n) is 7.54. The third-order valence-corrected chi connectivity index (χ3v) is 11.7. The lowest BCUT2D eigenvalue weighted by molar-refractivity contribution is -0.121. The number of likely N-dealkylation sites (tertiary alicyclic amines) is 1. The summed E-state index contributed by atoms with van der Waals surface area (Å²) >= 11 is 0. The number of carbonyl (C=O) groups excluding carboxylic acids is 2. The van der Waals surface area contributed by atoms with E-state index < -0.39 is 13.6 Å². The molecule has 1 aliphatic heterocycles. The largest absolute Gasteiger partial charge is 0.449 e. The number of nitrogens with zero attached hydrogens (tertiary/aromatic N) is 4. The minimum atomic E-state index is -4.13. The number of piperidine rings is 1. The second-order valence-electron chi connectivity index (χ2n) is 15.5. The number of nitrogens with two attached hydrogens (primary N) is 1. The van der Waals surface area contributed by atoms with E-state index in [1.54, 1.807) is 6.26 Å². The van der Waals surface area contributed by atoms with Gasteiger partial charge in [0, 0.05) is 56.2 Å². The van der Waals surface area contributed by atoms with Gasteiger partial charge in [-0.15, -0.1) is 0 Å². The highest BCUT2D eigenvalue weighted by Crippen LogP contribution is 2.35. The van der Waals surface area contributed by atoms with Gasteiger partial charge in [0.2, 0.25) is 5.95 Å². The summed E-state index contributed by atoms with van der Waals surface area (Å²) in [7, 11) is -4.13. The maximum atomic E-state index is 12.5. The SMILES string of the molecule is N[C@@H](CCC(=O)CCCN1CCC(Nc2nc(NCc3coc(CCCNCCCNC4CCCCC4)n3)nc3ccccc23)CC1)C(=O)CCCP(=O)(O)O. The summed E-state index contributed by atoms with van der Waals surface area (Å²) in [6.07, 6.45) is 14.7. The molecule has 15 nitrogen and oxygen atoms in total. The summed E-state index contributed by atoms with van der Waals surface area (Å²) in [6, 6.07) is 8.21. The van der Waals surface area contributed by atoms with E-state index in [1.807, 2.05) is 24.3 Å². The number of rotatable bonds is 26. The number of ketones is 2. The fourth-order valence-corrected chi connectivity index (χ4v) is 8.11. The normalized spacial score (nSPS) is 16.6. The molecule has 1 aliphatic carbocycles. The van der Waals surface area contributed by atoms with Crippen molar-refractivity contribution in [2.75, 3.05) is 56.1 Å². The van der Waals surface area contributed by atoms with Gasteiger partial charge in [0.05, 0.1) is 30.0 Å². The van der Waals surface area contributed by atoms with Gasteiger partial charge in [-0.2, -0.15) is 4.98 Å². The number of hydrogen-bond acceptors (Lipinski definition) is 13. The van der Waals surface area contributed by atoms with E-state index in [0.717, 1.165) is 112 Å². The zero-order chi connectivity index (χ0) is 39.6. The first-order valence-corrected chi connectivity index (χ1v) is 22.6. The van der Waals surface area contributed by atoms with Gasteiger partial charge >= 0.3 is 7.60 Å². The molecule has 5 rings (SSSR count). The van der Waals surface area contributed by atoms with Crippen molar-refractivity contribution < 1.29 is 28.4 Å². The Morgan fingerprint density at radius 3 is 2.50 bits per heavy atom. The van der Waals surface area contributed by atoms with E-state index >= 15 is 0 Å². The molecule has 1 aromatic carbocycles. The first kappa shape index (κ1) is 43.8. The molecule has 2 aliphatic rings. The van der Waals surface area contributed by atoms with Crippen LogP contribution < -0.4 is 27.0 Å². The molecule has 1 saturated carbocycles. The molecule has 3 aromatic rings. The van der Waals surface area contributed by atoms with Crippen molar-refractivity contribution in [3.05, 3.63) is 42.1 Å². The standard InChI is InChI=1S/C40H64N9O6P/c41-35(37(51)15-8-27-56(52,53)54)18-17-33(50)12-7-24-49-25-19-31(20-26-49)46-39-34-13-4-5-14-36(34)47-40(48-39)44-28-32-29-55-38(45-32)16-6-21-42-22-9-23-43-30-10-2-1-3-11-30/h4-5,13-14,29-31,35,42-43H,1-3,6-12,15-28,41H2,(H2,52,53,54)(H2,44,46,47,48)/t35-/m0/s1. The summed E-state index contributed by atoms with van der Waals surface area (Å²) in [5.41, 5.74) is 7.59. The predicted octanol–water partition coefficient (Wildman–Crippen LogP) is 4.92. The second-order valence-corrected chi connectivity index (χ2v) is 17.3. The molecule has 16 heteroatoms. The maximum absolute atomic E-state index is 12.5. The molecular weight excluding hydrogens is 733 g/mol. The molecule has 56 heavy (non-hydrogen) atoms. The molecule has 0 spiro atoms. The van der Waals surface area contributed by atoms with Gasteiger partial charge in [0.15, 0.2) is 5.89 Å². The van der Waals surface area contributed by atoms with Gasteiger partial charge in [0.1, 0.15) is 23.6 Å². The Kier molecular flexibility index (Phi) is 18.1. The molecule has 2 fully saturated rings. The summed E-state index contributed by atoms with van der Waals surface area (Å²) in [5, 5.41) is 15.2. The van der Waals surface area contributed by atoms with Gasteiger partial charge in [-0.05, 0) is 96.1 Å². The van der Waals surface area contributed by atoms with Crippen LogP contribution >= 0.6 is 7.60 Å². The highest BCUT2D eigenvalue weighted by Gasteiger charge is 2.22. The van der Waals surface area contributed by atoms with Crippen LogP contribution in [0.2, 0.25) is 0 Å². The Hall–Kier alpha value is -3.30. The number of nitrogens with one attached hydrogen (secondary N) is 4. The third-order valence-electron chi connectivity index (χ3n) is 10.8. The van der Waals surface area contributed by atoms with Crippen molar-refractivity contribution in [1.82, 2.24) is 30.5 Å². The lowest BCUT2D eigenvalue weighted by Crippen LogP contribution is -2.39. The minimum absolute atomic E-state index is 0.0127. The Morgan fingerprint density at radius 1 is 0.911 bits per heavy atom. The minimum Gasteiger partial charge on any atom is -0.449 e. The topological polar surface area (TPSA) is 221 Å². The van der Waals surface area contributed by atoms with Gasteiger partial charge in [0.25, 0.3) is 0 Å². The number of benzene rings is 1. The number of Topliss-reactive ketones (excluding diaryl/α,β-unsaturated/α-hetero) is 2. The number of fused-ring (bicyclic) bond motifs is 1. The fraction of sp³-hybridized carbons (Fsp3) is 0.675. The lowest BCUT2D eigenvalue weighted by Gasteiger charge is -2.32. The quantitative estimate of drug-likeness (QED) is 0.0423. The van der Waals surface area contributed by atoms with Crippen LogP contribution in [0, 0.1) is 0 Å². The molecule has 0 bridgehead atoms. The van der Waals surface area contributed by atoms with E-state index in [4.69, 9.17) is 29.9 Å². The average Bonchev–Trinajstić information content (AvgIpc) is 3.65. The Morgan fingerprint density at radius 2 is 1.70 bits per heavy atom. The van der Waals surface area contributed by atoms with Gasteiger partial charge in [-0.3, -0.25) is 14.2 Å². The molecule has 1 saturated heterocycles. The monoisotopic (exact) mass is 797 g/mol. The van der Waals surface area contributed by atoms with Crippen LogP contribution in [0.4, 0.5) is 11.8 Å². The predicted molar refractivity (Wildman–Crippen MR) is 220 cm³/mol. The number of anilines is 2. The van der Waals surface area contributed by atoms with Crippen molar-refractivity contribution in [3.8, 4) is 0 Å². The van der Waals surface area contributed by atoms with Crippen LogP contribution in [-0.4, -0.2) is 105 Å². The van der Waals surface area contributed by atoms with E-state index in [-0.39, 0.29) is 49.5 Å². The molecule has 3 heterocycles. The van der Waals surface area contributed by atoms with Crippen LogP contribution in [0.25, 0.3) is 10.9 Å². The van der Waals surface area contributed by atoms with Gasteiger partial charge in [-0.1, -0.05) is 31.4 Å². The van der Waals surface area contributed by atoms with E-state index in [9.17, 15) is 14.2 Å². The maximum Gasteiger partial charge on any atom is 0.325 e. The van der Waals surface area contributed by atoms with Crippen LogP contribution in [0.15, 0.2) is 34.9 Å². The van der Waals surface area contributed by atoms with Crippen LogP contribution in [0.1, 0.15) is 108 Å². The Labute approximate surface area is 331 Å². The zero-order valence-electron chi connectivity index (χ0n) is 32.9. The Balaban J connectivity index is 0.967. The van der Waals surface area contributed by atoms with Crippen molar-refractivity contribution in [1.29, 1.82) is 0 Å². The number of aryl methyl sites for hydroxylation is 1. The summed E-state index contributed by atoms with van der Waals surface area (Å²) in [4.78, 5) is 59.2. The molecule has 0 radical (unpaired) electrons. The van der Waals surface area contributed by atoms with Gasteiger partial charge < -0.3 is 46.1 Å². The summed E-state index contributed by atoms with van der Waals surface area (Å²) in [6.45, 7) is 6.16. The van der Waals surface area contributed by atoms with E-state index in [0.29, 0.717) is 18.9 Å². The van der Waals surface area contributed by atoms with E-state index in [1.165, 1.54) is 32.1 Å². The van der Waals surface area contributed by atoms with E-state index in [2.05, 4.69) is 31.2 Å². The highest BCUT2D eigenvalue weighted by atomic mass is 31.2. The molecule has 1 atom stereocenters. The van der Waals surface area contributed by atoms with Crippen LogP contribution in [-0.2, 0) is 27.1 Å². The Bertz CT molecular complexity index is 1690. The van der Waals surface area contributed by atoms with Crippen molar-refractivity contribution >= 4 is 41.8 Å². The summed E-state index contributed by atoms with van der Waals surface area (Å²) < 4.78 is 16.7. The molecule has 0 unspecified atom stereocenters. The highest BCUT2D eigenvalue weighted by molar-refractivity contribution is 7.51. The smallest absolute Gasteiger partial charge is 0.325 e. The summed E-state index contributed by atoms with van der Waals surface area (Å²) in [5.74, 6) is 1.90. The first-order chi connectivity index (χ1) is 27.1. The van der Waals surface area contributed by atoms with Crippen molar-refractivity contribution in [2.24, 2.45) is 5.73 Å². The number of carbonyl (C=O) groups is 2. The number of para-hydroxylation sites is 1. The number of oxazole rings is 1. The molecule has 8 N–H and O–H groups in total. The zero-order valence-corrected chi connectivity index (χ0v) is 33.8. The van der Waals surface area contributed by atoms with Gasteiger partial charge in [-0.25, -0.2) is 9.97 Å². The lowest BCUT2D eigenvalue weighted by atomic mass is 9.95. The number of aromatic nitrogens is 3. The van der Waals surface area contributed by atoms with Crippen LogP contribution in [0.5, 0.6) is 0 Å². The molecule has 0 amide bonds. The number of hydrogen-bond donors (Lipinski definition) is 7. The molecule has 2 aromatic heterocycles. The molecular formula is C40H64N9O6P. The van der Waals surface area contributed by atoms with Crippen molar-refractivity contribution in [2.45, 2.75) is 127 Å². The third kappa shape index (κ3) is 15.9. The first-order valence-electron chi connectivity index (χ1n) is 20.8.